The molecular formula is C20H18N4O3. The van der Waals surface area contributed by atoms with Gasteiger partial charge in [0.25, 0.3) is 11.5 Å². The molecular weight excluding hydrogens is 344 g/mol. The molecule has 7 heteroatoms. The summed E-state index contributed by atoms with van der Waals surface area (Å²) in [7, 11) is 0. The highest BCUT2D eigenvalue weighted by atomic mass is 16.3. The molecule has 1 aromatic carbocycles. The third-order valence-corrected chi connectivity index (χ3v) is 4.70. The predicted octanol–water partition coefficient (Wildman–Crippen LogP) is 2.04. The molecule has 0 radical (unpaired) electrons. The SMILES string of the molecule is Cc1ccc(O)c(C(=O)N2CCc3c(nc(-c4ccncc4)[nH]c3=O)C2)c1. The first-order valence-corrected chi connectivity index (χ1v) is 8.64. The Hall–Kier alpha value is -3.48. The number of pyridine rings is 1. The molecule has 7 nitrogen and oxygen atoms in total. The summed E-state index contributed by atoms with van der Waals surface area (Å²) in [5.41, 5.74) is 2.91. The number of aromatic nitrogens is 3. The van der Waals surface area contributed by atoms with Crippen LogP contribution in [-0.4, -0.2) is 37.4 Å². The fraction of sp³-hybridized carbons (Fsp3) is 0.200. The van der Waals surface area contributed by atoms with E-state index in [1.165, 1.54) is 6.07 Å². The Labute approximate surface area is 155 Å². The van der Waals surface area contributed by atoms with E-state index in [1.54, 1.807) is 41.6 Å². The van der Waals surface area contributed by atoms with Crippen LogP contribution in [0.5, 0.6) is 5.75 Å². The van der Waals surface area contributed by atoms with Crippen LogP contribution in [0.1, 0.15) is 27.2 Å². The number of nitrogens with one attached hydrogen (secondary N) is 1. The number of H-pyrrole nitrogens is 1. The van der Waals surface area contributed by atoms with Gasteiger partial charge in [-0.1, -0.05) is 11.6 Å². The Morgan fingerprint density at radius 1 is 1.22 bits per heavy atom. The van der Waals surface area contributed by atoms with E-state index < -0.39 is 0 Å². The van der Waals surface area contributed by atoms with Crippen LogP contribution < -0.4 is 5.56 Å². The van der Waals surface area contributed by atoms with Crippen LogP contribution in [0.3, 0.4) is 0 Å². The van der Waals surface area contributed by atoms with E-state index in [0.717, 1.165) is 11.1 Å². The first kappa shape index (κ1) is 17.0. The molecule has 27 heavy (non-hydrogen) atoms. The fourth-order valence-electron chi connectivity index (χ4n) is 3.25. The number of aromatic amines is 1. The van der Waals surface area contributed by atoms with Crippen molar-refractivity contribution in [2.24, 2.45) is 0 Å². The average molecular weight is 362 g/mol. The molecule has 3 heterocycles. The second-order valence-electron chi connectivity index (χ2n) is 6.57. The zero-order valence-corrected chi connectivity index (χ0v) is 14.8. The number of fused-ring (bicyclic) bond motifs is 1. The highest BCUT2D eigenvalue weighted by molar-refractivity contribution is 5.97. The maximum absolute atomic E-state index is 12.9. The second kappa shape index (κ2) is 6.68. The van der Waals surface area contributed by atoms with Crippen LogP contribution in [0.4, 0.5) is 0 Å². The number of aryl methyl sites for hydroxylation is 1. The number of carbonyl (C=O) groups excluding carboxylic acids is 1. The molecule has 0 atom stereocenters. The van der Waals surface area contributed by atoms with Gasteiger partial charge in [-0.3, -0.25) is 14.6 Å². The molecule has 1 aliphatic rings. The predicted molar refractivity (Wildman–Crippen MR) is 99.4 cm³/mol. The standard InChI is InChI=1S/C20H18N4O3/c1-12-2-3-17(25)15(10-12)20(27)24-9-6-14-16(11-24)22-18(23-19(14)26)13-4-7-21-8-5-13/h2-5,7-8,10,25H,6,9,11H2,1H3,(H,22,23,26). The largest absolute Gasteiger partial charge is 0.507 e. The second-order valence-corrected chi connectivity index (χ2v) is 6.57. The Morgan fingerprint density at radius 2 is 2.00 bits per heavy atom. The normalized spacial score (nSPS) is 13.3. The van der Waals surface area contributed by atoms with Gasteiger partial charge in [0.1, 0.15) is 11.6 Å². The summed E-state index contributed by atoms with van der Waals surface area (Å²) in [6.45, 7) is 2.49. The van der Waals surface area contributed by atoms with Gasteiger partial charge in [-0.25, -0.2) is 4.98 Å². The molecule has 3 aromatic rings. The number of phenolic OH excluding ortho intramolecular Hbond substituents is 1. The van der Waals surface area contributed by atoms with Crippen molar-refractivity contribution in [1.29, 1.82) is 0 Å². The highest BCUT2D eigenvalue weighted by Gasteiger charge is 2.26. The van der Waals surface area contributed by atoms with E-state index in [1.807, 2.05) is 6.92 Å². The summed E-state index contributed by atoms with van der Waals surface area (Å²) in [6.07, 6.45) is 3.68. The number of amides is 1. The Bertz CT molecular complexity index is 1080. The van der Waals surface area contributed by atoms with Gasteiger partial charge < -0.3 is 15.0 Å². The van der Waals surface area contributed by atoms with Gasteiger partial charge in [0.15, 0.2) is 0 Å². The van der Waals surface area contributed by atoms with Crippen LogP contribution in [0.25, 0.3) is 11.4 Å². The molecule has 4 rings (SSSR count). The maximum atomic E-state index is 12.9. The molecule has 0 saturated heterocycles. The van der Waals surface area contributed by atoms with Gasteiger partial charge in [-0.05, 0) is 37.6 Å². The van der Waals surface area contributed by atoms with Crippen molar-refractivity contribution < 1.29 is 9.90 Å². The van der Waals surface area contributed by atoms with E-state index in [0.29, 0.717) is 30.0 Å². The Balaban J connectivity index is 1.68. The minimum atomic E-state index is -0.269. The van der Waals surface area contributed by atoms with E-state index in [9.17, 15) is 14.7 Å². The summed E-state index contributed by atoms with van der Waals surface area (Å²) in [6, 6.07) is 8.47. The molecule has 2 aromatic heterocycles. The van der Waals surface area contributed by atoms with Crippen molar-refractivity contribution in [2.75, 3.05) is 6.54 Å². The molecule has 0 bridgehead atoms. The van der Waals surface area contributed by atoms with Crippen LogP contribution in [-0.2, 0) is 13.0 Å². The third kappa shape index (κ3) is 3.19. The van der Waals surface area contributed by atoms with E-state index in [-0.39, 0.29) is 29.3 Å². The lowest BCUT2D eigenvalue weighted by atomic mass is 10.0. The Kier molecular flexibility index (Phi) is 4.19. The number of nitrogens with zero attached hydrogens (tertiary/aromatic N) is 3. The third-order valence-electron chi connectivity index (χ3n) is 4.70. The first-order chi connectivity index (χ1) is 13.0. The molecule has 2 N–H and O–H groups in total. The summed E-state index contributed by atoms with van der Waals surface area (Å²) in [4.78, 5) is 38.3. The molecule has 0 fully saturated rings. The topological polar surface area (TPSA) is 99.2 Å². The van der Waals surface area contributed by atoms with Crippen molar-refractivity contribution >= 4 is 5.91 Å². The van der Waals surface area contributed by atoms with Crippen molar-refractivity contribution in [3.05, 3.63) is 75.5 Å². The summed E-state index contributed by atoms with van der Waals surface area (Å²) < 4.78 is 0. The maximum Gasteiger partial charge on any atom is 0.257 e. The van der Waals surface area contributed by atoms with Crippen LogP contribution in [0, 0.1) is 6.92 Å². The minimum Gasteiger partial charge on any atom is -0.507 e. The number of hydrogen-bond acceptors (Lipinski definition) is 5. The van der Waals surface area contributed by atoms with Gasteiger partial charge in [-0.15, -0.1) is 0 Å². The lowest BCUT2D eigenvalue weighted by Crippen LogP contribution is -2.39. The van der Waals surface area contributed by atoms with Crippen LogP contribution in [0.2, 0.25) is 0 Å². The zero-order chi connectivity index (χ0) is 19.0. The summed E-state index contributed by atoms with van der Waals surface area (Å²) in [5.74, 6) is 0.135. The fourth-order valence-corrected chi connectivity index (χ4v) is 3.25. The number of hydrogen-bond donors (Lipinski definition) is 2. The molecule has 0 spiro atoms. The van der Waals surface area contributed by atoms with E-state index >= 15 is 0 Å². The minimum absolute atomic E-state index is 0.0484. The number of rotatable bonds is 2. The number of benzene rings is 1. The highest BCUT2D eigenvalue weighted by Crippen LogP contribution is 2.24. The monoisotopic (exact) mass is 362 g/mol. The van der Waals surface area contributed by atoms with Crippen LogP contribution >= 0.6 is 0 Å². The number of carbonyl (C=O) groups is 1. The van der Waals surface area contributed by atoms with Crippen molar-refractivity contribution in [1.82, 2.24) is 19.9 Å². The lowest BCUT2D eigenvalue weighted by molar-refractivity contribution is 0.0728. The molecule has 0 unspecified atom stereocenters. The van der Waals surface area contributed by atoms with Gasteiger partial charge in [0.2, 0.25) is 0 Å². The number of phenols is 1. The summed E-state index contributed by atoms with van der Waals surface area (Å²) in [5, 5.41) is 10.0. The molecule has 1 amide bonds. The Morgan fingerprint density at radius 3 is 2.78 bits per heavy atom. The molecule has 0 saturated carbocycles. The van der Waals surface area contributed by atoms with Crippen molar-refractivity contribution in [2.45, 2.75) is 19.9 Å². The smallest absolute Gasteiger partial charge is 0.257 e. The summed E-state index contributed by atoms with van der Waals surface area (Å²) >= 11 is 0. The van der Waals surface area contributed by atoms with E-state index in [2.05, 4.69) is 15.0 Å². The van der Waals surface area contributed by atoms with Gasteiger partial charge in [-0.2, -0.15) is 0 Å². The zero-order valence-electron chi connectivity index (χ0n) is 14.8. The first-order valence-electron chi connectivity index (χ1n) is 8.64. The van der Waals surface area contributed by atoms with Crippen molar-refractivity contribution in [3.8, 4) is 17.1 Å². The quantitative estimate of drug-likeness (QED) is 0.727. The molecule has 136 valence electrons. The van der Waals surface area contributed by atoms with Gasteiger partial charge in [0, 0.05) is 30.1 Å². The van der Waals surface area contributed by atoms with E-state index in [4.69, 9.17) is 0 Å². The average Bonchev–Trinajstić information content (AvgIpc) is 2.69. The number of aromatic hydroxyl groups is 1. The lowest BCUT2D eigenvalue weighted by Gasteiger charge is -2.28. The molecule has 0 aliphatic carbocycles. The van der Waals surface area contributed by atoms with Crippen LogP contribution in [0.15, 0.2) is 47.5 Å². The van der Waals surface area contributed by atoms with Gasteiger partial charge in [0.05, 0.1) is 17.8 Å². The molecule has 1 aliphatic heterocycles. The van der Waals surface area contributed by atoms with Crippen molar-refractivity contribution in [3.63, 3.8) is 0 Å². The van der Waals surface area contributed by atoms with Gasteiger partial charge >= 0.3 is 0 Å².